The molecule has 1 aromatic rings. The summed E-state index contributed by atoms with van der Waals surface area (Å²) in [4.78, 5) is 24.3. The Kier molecular flexibility index (Phi) is 7.14. The van der Waals surface area contributed by atoms with Crippen LogP contribution in [0.25, 0.3) is 0 Å². The van der Waals surface area contributed by atoms with Crippen molar-refractivity contribution in [3.05, 3.63) is 34.4 Å². The van der Waals surface area contributed by atoms with Gasteiger partial charge in [0.1, 0.15) is 17.8 Å². The zero-order valence-electron chi connectivity index (χ0n) is 17.8. The van der Waals surface area contributed by atoms with Gasteiger partial charge >= 0.3 is 5.97 Å². The van der Waals surface area contributed by atoms with Crippen molar-refractivity contribution in [3.8, 4) is 0 Å². The first-order valence-electron chi connectivity index (χ1n) is 11.1. The van der Waals surface area contributed by atoms with Gasteiger partial charge in [0.25, 0.3) is 5.69 Å². The number of carbonyl (C=O) groups excluding carboxylic acids is 1. The average molecular weight is 403 g/mol. The number of hydrogen-bond donors (Lipinski definition) is 1. The van der Waals surface area contributed by atoms with E-state index in [4.69, 9.17) is 4.74 Å². The molecule has 0 saturated heterocycles. The molecule has 0 heterocycles. The van der Waals surface area contributed by atoms with Crippen LogP contribution in [0.5, 0.6) is 0 Å². The molecule has 2 aliphatic rings. The summed E-state index contributed by atoms with van der Waals surface area (Å²) in [7, 11) is 0. The molecule has 2 fully saturated rings. The molecule has 6 nitrogen and oxygen atoms in total. The normalized spacial score (nSPS) is 26.3. The molecule has 0 bridgehead atoms. The maximum atomic E-state index is 13.3. The molecule has 2 saturated carbocycles. The number of para-hydroxylation sites is 2. The number of nitro benzene ring substituents is 1. The first-order valence-corrected chi connectivity index (χ1v) is 11.1. The Morgan fingerprint density at radius 1 is 1.17 bits per heavy atom. The minimum Gasteiger partial charge on any atom is -0.461 e. The Bertz CT molecular complexity index is 715. The number of ether oxygens (including phenoxy) is 1. The van der Waals surface area contributed by atoms with Gasteiger partial charge in [-0.05, 0) is 55.4 Å². The molecule has 0 amide bonds. The lowest BCUT2D eigenvalue weighted by Gasteiger charge is -2.38. The quantitative estimate of drug-likeness (QED) is 0.366. The lowest BCUT2D eigenvalue weighted by molar-refractivity contribution is -0.384. The minimum absolute atomic E-state index is 0.00496. The van der Waals surface area contributed by atoms with Crippen molar-refractivity contribution >= 4 is 17.3 Å². The summed E-state index contributed by atoms with van der Waals surface area (Å²) in [5, 5.41) is 14.6. The molecule has 0 aliphatic heterocycles. The minimum atomic E-state index is -0.538. The molecule has 0 radical (unpaired) electrons. The van der Waals surface area contributed by atoms with Crippen molar-refractivity contribution in [1.29, 1.82) is 0 Å². The van der Waals surface area contributed by atoms with Crippen molar-refractivity contribution in [3.63, 3.8) is 0 Å². The fourth-order valence-corrected chi connectivity index (χ4v) is 5.06. The first kappa shape index (κ1) is 21.6. The molecular weight excluding hydrogens is 368 g/mol. The third kappa shape index (κ3) is 5.28. The zero-order chi connectivity index (χ0) is 21.0. The number of benzene rings is 1. The van der Waals surface area contributed by atoms with Crippen LogP contribution in [0.1, 0.15) is 65.7 Å². The molecule has 6 heteroatoms. The van der Waals surface area contributed by atoms with Gasteiger partial charge in [0, 0.05) is 6.07 Å². The fraction of sp³-hybridized carbons (Fsp3) is 0.696. The molecule has 0 spiro atoms. The molecule has 3 rings (SSSR count). The van der Waals surface area contributed by atoms with Crippen molar-refractivity contribution in [2.45, 2.75) is 77.9 Å². The van der Waals surface area contributed by atoms with Gasteiger partial charge in [-0.1, -0.05) is 52.2 Å². The van der Waals surface area contributed by atoms with E-state index >= 15 is 0 Å². The van der Waals surface area contributed by atoms with Gasteiger partial charge in [0.05, 0.1) is 4.92 Å². The second-order valence-corrected chi connectivity index (χ2v) is 9.24. The van der Waals surface area contributed by atoms with Crippen LogP contribution in [-0.2, 0) is 9.53 Å². The summed E-state index contributed by atoms with van der Waals surface area (Å²) >= 11 is 0. The largest absolute Gasteiger partial charge is 0.461 e. The Labute approximate surface area is 173 Å². The van der Waals surface area contributed by atoms with Crippen LogP contribution >= 0.6 is 0 Å². The van der Waals surface area contributed by atoms with E-state index in [-0.39, 0.29) is 23.7 Å². The van der Waals surface area contributed by atoms with E-state index in [0.29, 0.717) is 23.4 Å². The lowest BCUT2D eigenvalue weighted by atomic mass is 9.75. The second kappa shape index (κ2) is 9.59. The molecule has 4 unspecified atom stereocenters. The lowest BCUT2D eigenvalue weighted by Crippen LogP contribution is -2.43. The van der Waals surface area contributed by atoms with Gasteiger partial charge in [-0.3, -0.25) is 10.1 Å². The van der Waals surface area contributed by atoms with Crippen LogP contribution in [0.15, 0.2) is 24.3 Å². The van der Waals surface area contributed by atoms with Crippen LogP contribution in [0.4, 0.5) is 11.4 Å². The van der Waals surface area contributed by atoms with Gasteiger partial charge < -0.3 is 10.1 Å². The standard InChI is InChI=1S/C23H34N2O4/c1-15(2)18-13-12-16(3)14-21(18)29-23(26)22(17-8-4-5-9-17)24-19-10-6-7-11-20(19)25(27)28/h6-7,10-11,15-18,21-22,24H,4-5,8-9,12-14H2,1-3H3. The van der Waals surface area contributed by atoms with Crippen LogP contribution in [0.2, 0.25) is 0 Å². The van der Waals surface area contributed by atoms with Gasteiger partial charge in [0.2, 0.25) is 0 Å². The number of rotatable bonds is 7. The molecule has 4 atom stereocenters. The van der Waals surface area contributed by atoms with E-state index < -0.39 is 11.0 Å². The number of hydrogen-bond acceptors (Lipinski definition) is 5. The second-order valence-electron chi connectivity index (χ2n) is 9.24. The van der Waals surface area contributed by atoms with Crippen molar-refractivity contribution in [2.75, 3.05) is 5.32 Å². The summed E-state index contributed by atoms with van der Waals surface area (Å²) in [6, 6.07) is 6.00. The highest BCUT2D eigenvalue weighted by atomic mass is 16.6. The average Bonchev–Trinajstić information content (AvgIpc) is 3.20. The Morgan fingerprint density at radius 3 is 2.52 bits per heavy atom. The summed E-state index contributed by atoms with van der Waals surface area (Å²) in [5.74, 6) is 1.30. The van der Waals surface area contributed by atoms with E-state index in [1.54, 1.807) is 18.2 Å². The van der Waals surface area contributed by atoms with E-state index in [2.05, 4.69) is 26.1 Å². The smallest absolute Gasteiger partial charge is 0.329 e. The first-order chi connectivity index (χ1) is 13.9. The highest BCUT2D eigenvalue weighted by Crippen LogP contribution is 2.37. The Balaban J connectivity index is 1.79. The number of carbonyl (C=O) groups is 1. The van der Waals surface area contributed by atoms with Gasteiger partial charge in [-0.15, -0.1) is 0 Å². The third-order valence-corrected chi connectivity index (χ3v) is 6.77. The molecule has 0 aromatic heterocycles. The van der Waals surface area contributed by atoms with Crippen molar-refractivity contribution < 1.29 is 14.5 Å². The number of nitrogens with zero attached hydrogens (tertiary/aromatic N) is 1. The van der Waals surface area contributed by atoms with Crippen LogP contribution in [0.3, 0.4) is 0 Å². The highest BCUT2D eigenvalue weighted by Gasteiger charge is 2.38. The monoisotopic (exact) mass is 402 g/mol. The predicted octanol–water partition coefficient (Wildman–Crippen LogP) is 5.57. The van der Waals surface area contributed by atoms with E-state index in [9.17, 15) is 14.9 Å². The number of nitrogens with one attached hydrogen (secondary N) is 1. The van der Waals surface area contributed by atoms with Gasteiger partial charge in [-0.25, -0.2) is 4.79 Å². The van der Waals surface area contributed by atoms with E-state index in [0.717, 1.165) is 38.5 Å². The maximum absolute atomic E-state index is 13.3. The highest BCUT2D eigenvalue weighted by molar-refractivity contribution is 5.81. The number of anilines is 1. The van der Waals surface area contributed by atoms with Gasteiger partial charge in [0.15, 0.2) is 0 Å². The number of esters is 1. The van der Waals surface area contributed by atoms with E-state index in [1.165, 1.54) is 12.5 Å². The maximum Gasteiger partial charge on any atom is 0.329 e. The molecule has 29 heavy (non-hydrogen) atoms. The molecule has 160 valence electrons. The van der Waals surface area contributed by atoms with Crippen molar-refractivity contribution in [1.82, 2.24) is 0 Å². The molecule has 1 aromatic carbocycles. The van der Waals surface area contributed by atoms with Crippen LogP contribution in [-0.4, -0.2) is 23.0 Å². The Hall–Kier alpha value is -2.11. The third-order valence-electron chi connectivity index (χ3n) is 6.77. The molecule has 1 N–H and O–H groups in total. The van der Waals surface area contributed by atoms with Crippen molar-refractivity contribution in [2.24, 2.45) is 23.7 Å². The summed E-state index contributed by atoms with van der Waals surface area (Å²) in [5.41, 5.74) is 0.387. The van der Waals surface area contributed by atoms with Crippen LogP contribution in [0, 0.1) is 33.8 Å². The van der Waals surface area contributed by atoms with Gasteiger partial charge in [-0.2, -0.15) is 0 Å². The summed E-state index contributed by atoms with van der Waals surface area (Å²) < 4.78 is 6.11. The predicted molar refractivity (Wildman–Crippen MR) is 114 cm³/mol. The molecular formula is C23H34N2O4. The van der Waals surface area contributed by atoms with E-state index in [1.807, 2.05) is 0 Å². The fourth-order valence-electron chi connectivity index (χ4n) is 5.06. The Morgan fingerprint density at radius 2 is 1.86 bits per heavy atom. The topological polar surface area (TPSA) is 81.5 Å². The number of nitro groups is 1. The molecule has 2 aliphatic carbocycles. The SMILES string of the molecule is CC1CCC(C(C)C)C(OC(=O)C(Nc2ccccc2[N+](=O)[O-])C2CCCC2)C1. The summed E-state index contributed by atoms with van der Waals surface area (Å²) in [6.45, 7) is 6.61. The van der Waals surface area contributed by atoms with Crippen LogP contribution < -0.4 is 5.32 Å². The summed E-state index contributed by atoms with van der Waals surface area (Å²) in [6.07, 6.45) is 7.16. The zero-order valence-corrected chi connectivity index (χ0v) is 17.8.